The fourth-order valence-electron chi connectivity index (χ4n) is 5.17. The van der Waals surface area contributed by atoms with Gasteiger partial charge in [0.05, 0.1) is 29.2 Å². The van der Waals surface area contributed by atoms with Crippen LogP contribution in [0.25, 0.3) is 17.0 Å². The van der Waals surface area contributed by atoms with Crippen LogP contribution in [-0.4, -0.2) is 62.1 Å². The van der Waals surface area contributed by atoms with Crippen LogP contribution in [0.1, 0.15) is 43.9 Å². The Morgan fingerprint density at radius 3 is 2.67 bits per heavy atom. The molecule has 2 aromatic carbocycles. The Kier molecular flexibility index (Phi) is 7.56. The van der Waals surface area contributed by atoms with Crippen LogP contribution in [-0.2, 0) is 17.3 Å². The number of likely N-dealkylation sites (tertiary alicyclic amines) is 1. The van der Waals surface area contributed by atoms with Gasteiger partial charge in [-0.2, -0.15) is 5.10 Å². The molecule has 5 rings (SSSR count). The number of nitrogens with zero attached hydrogens (tertiary/aromatic N) is 4. The van der Waals surface area contributed by atoms with Crippen molar-refractivity contribution in [2.75, 3.05) is 13.1 Å². The van der Waals surface area contributed by atoms with E-state index in [-0.39, 0.29) is 34.6 Å². The van der Waals surface area contributed by atoms with Crippen molar-refractivity contribution < 1.29 is 22.8 Å². The zero-order valence-corrected chi connectivity index (χ0v) is 23.3. The molecular formula is C28H28ClF3N4O2S. The van der Waals surface area contributed by atoms with E-state index in [0.29, 0.717) is 24.1 Å². The topological polar surface area (TPSA) is 58.4 Å². The number of aromatic nitrogens is 2. The molecule has 0 saturated carbocycles. The molecular weight excluding hydrogens is 549 g/mol. The molecule has 2 aliphatic heterocycles. The van der Waals surface area contributed by atoms with Crippen LogP contribution >= 0.6 is 23.4 Å². The van der Waals surface area contributed by atoms with Crippen molar-refractivity contribution in [3.63, 3.8) is 0 Å². The Balaban J connectivity index is 1.36. The highest BCUT2D eigenvalue weighted by atomic mass is 35.5. The lowest BCUT2D eigenvalue weighted by atomic mass is 10.00. The number of hydrogen-bond acceptors (Lipinski definition) is 5. The maximum absolute atomic E-state index is 15.0. The van der Waals surface area contributed by atoms with E-state index >= 15 is 0 Å². The van der Waals surface area contributed by atoms with Gasteiger partial charge in [0, 0.05) is 42.0 Å². The highest BCUT2D eigenvalue weighted by Crippen LogP contribution is 2.37. The van der Waals surface area contributed by atoms with E-state index in [1.165, 1.54) is 6.07 Å². The minimum Gasteiger partial charge on any atom is -0.298 e. The summed E-state index contributed by atoms with van der Waals surface area (Å²) in [6.07, 6.45) is 2.33. The number of alkyl halides is 3. The van der Waals surface area contributed by atoms with Crippen molar-refractivity contribution in [1.82, 2.24) is 19.6 Å². The highest BCUT2D eigenvalue weighted by molar-refractivity contribution is 8.18. The fourth-order valence-corrected chi connectivity index (χ4v) is 6.23. The second-order valence-electron chi connectivity index (χ2n) is 10.3. The molecule has 3 aromatic rings. The van der Waals surface area contributed by atoms with Gasteiger partial charge in [-0.1, -0.05) is 23.7 Å². The molecule has 2 atom stereocenters. The van der Waals surface area contributed by atoms with Crippen LogP contribution in [0.5, 0.6) is 0 Å². The van der Waals surface area contributed by atoms with E-state index in [2.05, 4.69) is 5.10 Å². The molecule has 0 aliphatic carbocycles. The Labute approximate surface area is 233 Å². The monoisotopic (exact) mass is 576 g/mol. The average molecular weight is 577 g/mol. The smallest absolute Gasteiger partial charge is 0.293 e. The molecule has 11 heteroatoms. The summed E-state index contributed by atoms with van der Waals surface area (Å²) in [5, 5.41) is 4.89. The molecule has 0 bridgehead atoms. The predicted octanol–water partition coefficient (Wildman–Crippen LogP) is 6.71. The third-order valence-electron chi connectivity index (χ3n) is 7.25. The number of benzene rings is 2. The van der Waals surface area contributed by atoms with Crippen molar-refractivity contribution in [3.05, 3.63) is 69.2 Å². The average Bonchev–Trinajstić information content (AvgIpc) is 3.38. The first-order chi connectivity index (χ1) is 18.4. The first-order valence-electron chi connectivity index (χ1n) is 12.7. The van der Waals surface area contributed by atoms with Crippen LogP contribution in [0.3, 0.4) is 0 Å². The lowest BCUT2D eigenvalue weighted by molar-refractivity contribution is -0.126. The lowest BCUT2D eigenvalue weighted by Crippen LogP contribution is -2.55. The van der Waals surface area contributed by atoms with E-state index in [0.717, 1.165) is 34.5 Å². The van der Waals surface area contributed by atoms with E-state index in [1.807, 2.05) is 24.8 Å². The molecule has 39 heavy (non-hydrogen) atoms. The van der Waals surface area contributed by atoms with Gasteiger partial charge in [-0.25, -0.2) is 13.2 Å². The standard InChI is InChI=1S/C28H28ClF3N4O2S/c1-16(2)34-9-8-24(22(30)15-34)36-26(37)25(39-27(36)38)11-17-4-7-23-19(10-17)13-33-35(23)14-18-5-6-20(29)12-21(18)28(3,31)32/h4-7,10-13,16,22,24H,8-9,14-15H2,1-3H3/b25-11-/t22-,24-/m1/s1. The zero-order valence-electron chi connectivity index (χ0n) is 21.7. The number of amides is 2. The number of hydrogen-bond donors (Lipinski definition) is 0. The second-order valence-corrected chi connectivity index (χ2v) is 11.8. The Morgan fingerprint density at radius 2 is 1.97 bits per heavy atom. The SMILES string of the molecule is CC(C)N1CC[C@@H](N2C(=O)S/C(=C\c3ccc4c(cnn4Cc4ccc(Cl)cc4C(C)(F)F)c3)C2=O)[C@H](F)C1. The number of imide groups is 1. The van der Waals surface area contributed by atoms with Crippen molar-refractivity contribution in [1.29, 1.82) is 0 Å². The Bertz CT molecular complexity index is 1470. The minimum atomic E-state index is -3.06. The lowest BCUT2D eigenvalue weighted by Gasteiger charge is -2.39. The molecule has 6 nitrogen and oxygen atoms in total. The number of halogens is 4. The number of rotatable bonds is 6. The van der Waals surface area contributed by atoms with Crippen LogP contribution in [0.2, 0.25) is 5.02 Å². The van der Waals surface area contributed by atoms with Gasteiger partial charge in [-0.05, 0) is 73.5 Å². The van der Waals surface area contributed by atoms with Gasteiger partial charge in [-0.3, -0.25) is 24.1 Å². The van der Waals surface area contributed by atoms with Gasteiger partial charge in [0.2, 0.25) is 0 Å². The molecule has 0 spiro atoms. The molecule has 3 heterocycles. The molecule has 1 aromatic heterocycles. The van der Waals surface area contributed by atoms with E-state index in [4.69, 9.17) is 11.6 Å². The van der Waals surface area contributed by atoms with E-state index in [1.54, 1.807) is 41.2 Å². The number of piperidine rings is 1. The largest absolute Gasteiger partial charge is 0.298 e. The number of fused-ring (bicyclic) bond motifs is 1. The number of carbonyl (C=O) groups excluding carboxylic acids is 2. The van der Waals surface area contributed by atoms with E-state index < -0.39 is 29.3 Å². The van der Waals surface area contributed by atoms with Crippen molar-refractivity contribution >= 4 is 51.5 Å². The first-order valence-corrected chi connectivity index (χ1v) is 13.9. The van der Waals surface area contributed by atoms with Crippen LogP contribution in [0, 0.1) is 0 Å². The summed E-state index contributed by atoms with van der Waals surface area (Å²) in [6.45, 7) is 5.76. The molecule has 0 radical (unpaired) electrons. The van der Waals surface area contributed by atoms with Gasteiger partial charge in [-0.15, -0.1) is 0 Å². The normalized spacial score (nSPS) is 22.2. The highest BCUT2D eigenvalue weighted by Gasteiger charge is 2.45. The number of thioether (sulfide) groups is 1. The quantitative estimate of drug-likeness (QED) is 0.305. The molecule has 2 fully saturated rings. The Morgan fingerprint density at radius 1 is 1.21 bits per heavy atom. The van der Waals surface area contributed by atoms with Crippen molar-refractivity contribution in [2.24, 2.45) is 0 Å². The molecule has 206 valence electrons. The van der Waals surface area contributed by atoms with Gasteiger partial charge in [0.25, 0.3) is 17.1 Å². The molecule has 0 N–H and O–H groups in total. The van der Waals surface area contributed by atoms with Crippen LogP contribution in [0.15, 0.2) is 47.5 Å². The summed E-state index contributed by atoms with van der Waals surface area (Å²) in [4.78, 5) is 29.2. The third kappa shape index (κ3) is 5.60. The molecule has 2 amide bonds. The van der Waals surface area contributed by atoms with Crippen LogP contribution < -0.4 is 0 Å². The minimum absolute atomic E-state index is 0.123. The first kappa shape index (κ1) is 27.7. The predicted molar refractivity (Wildman–Crippen MR) is 148 cm³/mol. The zero-order chi connectivity index (χ0) is 28.1. The third-order valence-corrected chi connectivity index (χ3v) is 8.37. The maximum Gasteiger partial charge on any atom is 0.293 e. The summed E-state index contributed by atoms with van der Waals surface area (Å²) >= 11 is 6.76. The fraction of sp³-hybridized carbons (Fsp3) is 0.393. The summed E-state index contributed by atoms with van der Waals surface area (Å²) < 4.78 is 45.0. The van der Waals surface area contributed by atoms with Gasteiger partial charge < -0.3 is 0 Å². The summed E-state index contributed by atoms with van der Waals surface area (Å²) in [7, 11) is 0. The second kappa shape index (κ2) is 10.6. The maximum atomic E-state index is 15.0. The van der Waals surface area contributed by atoms with Gasteiger partial charge in [0.15, 0.2) is 0 Å². The Hall–Kier alpha value is -2.82. The number of carbonyl (C=O) groups is 2. The summed E-state index contributed by atoms with van der Waals surface area (Å²) in [5.41, 5.74) is 1.64. The van der Waals surface area contributed by atoms with E-state index in [9.17, 15) is 22.8 Å². The summed E-state index contributed by atoms with van der Waals surface area (Å²) in [5.74, 6) is -3.55. The molecule has 0 unspecified atom stereocenters. The summed E-state index contributed by atoms with van der Waals surface area (Å²) in [6, 6.07) is 9.20. The van der Waals surface area contributed by atoms with Crippen molar-refractivity contribution in [3.8, 4) is 0 Å². The van der Waals surface area contributed by atoms with Crippen LogP contribution in [0.4, 0.5) is 18.0 Å². The van der Waals surface area contributed by atoms with Gasteiger partial charge >= 0.3 is 0 Å². The van der Waals surface area contributed by atoms with Gasteiger partial charge in [0.1, 0.15) is 6.17 Å². The van der Waals surface area contributed by atoms with Crippen molar-refractivity contribution in [2.45, 2.75) is 57.9 Å². The molecule has 2 aliphatic rings. The molecule has 2 saturated heterocycles.